The highest BCUT2D eigenvalue weighted by molar-refractivity contribution is 7.92. The van der Waals surface area contributed by atoms with E-state index in [2.05, 4.69) is 23.9 Å². The second-order valence-corrected chi connectivity index (χ2v) is 8.93. The van der Waals surface area contributed by atoms with Gasteiger partial charge in [-0.15, -0.1) is 0 Å². The zero-order valence-electron chi connectivity index (χ0n) is 16.4. The number of anilines is 1. The number of carbonyl (C=O) groups excluding carboxylic acids is 1. The van der Waals surface area contributed by atoms with Crippen LogP contribution >= 0.6 is 0 Å². The van der Waals surface area contributed by atoms with Crippen LogP contribution in [0.1, 0.15) is 55.1 Å². The van der Waals surface area contributed by atoms with Crippen molar-refractivity contribution in [1.29, 1.82) is 0 Å². The topological polar surface area (TPSA) is 84.5 Å². The molecule has 2 N–H and O–H groups in total. The minimum Gasteiger partial charge on any atom is -0.487 e. The number of amides is 1. The van der Waals surface area contributed by atoms with Crippen molar-refractivity contribution < 1.29 is 17.9 Å². The van der Waals surface area contributed by atoms with Crippen molar-refractivity contribution >= 4 is 21.6 Å². The van der Waals surface area contributed by atoms with Crippen molar-refractivity contribution in [2.45, 2.75) is 44.8 Å². The van der Waals surface area contributed by atoms with E-state index in [-0.39, 0.29) is 28.8 Å². The molecule has 2 aromatic carbocycles. The van der Waals surface area contributed by atoms with Crippen molar-refractivity contribution in [2.24, 2.45) is 0 Å². The highest BCUT2D eigenvalue weighted by Gasteiger charge is 2.39. The third kappa shape index (κ3) is 4.30. The van der Waals surface area contributed by atoms with Crippen LogP contribution < -0.4 is 14.8 Å². The van der Waals surface area contributed by atoms with Crippen LogP contribution in [0.3, 0.4) is 0 Å². The monoisotopic (exact) mass is 402 g/mol. The summed E-state index contributed by atoms with van der Waals surface area (Å²) >= 11 is 0. The van der Waals surface area contributed by atoms with Crippen LogP contribution in [0.4, 0.5) is 5.69 Å². The average molecular weight is 403 g/mol. The predicted molar refractivity (Wildman–Crippen MR) is 110 cm³/mol. The molecule has 0 aliphatic carbocycles. The zero-order valence-corrected chi connectivity index (χ0v) is 17.2. The number of ether oxygens (including phenoxy) is 1. The van der Waals surface area contributed by atoms with E-state index >= 15 is 0 Å². The fraction of sp³-hybridized carbons (Fsp3) is 0.381. The van der Waals surface area contributed by atoms with Crippen LogP contribution in [-0.2, 0) is 10.0 Å². The number of fused-ring (bicyclic) bond motifs is 1. The molecular formula is C21H26N2O4S. The molecule has 0 saturated heterocycles. The van der Waals surface area contributed by atoms with Gasteiger partial charge in [0.15, 0.2) is 0 Å². The van der Waals surface area contributed by atoms with Crippen LogP contribution in [0.25, 0.3) is 0 Å². The molecule has 0 aromatic heterocycles. The molecule has 0 saturated carbocycles. The molecule has 1 unspecified atom stereocenters. The Labute approximate surface area is 166 Å². The lowest BCUT2D eigenvalue weighted by molar-refractivity contribution is 0.0227. The minimum absolute atomic E-state index is 0.219. The van der Waals surface area contributed by atoms with Gasteiger partial charge < -0.3 is 10.1 Å². The lowest BCUT2D eigenvalue weighted by Crippen LogP contribution is -2.44. The van der Waals surface area contributed by atoms with Crippen LogP contribution in [0.2, 0.25) is 0 Å². The Morgan fingerprint density at radius 1 is 1.11 bits per heavy atom. The quantitative estimate of drug-likeness (QED) is 0.768. The molecule has 1 atom stereocenters. The smallest absolute Gasteiger partial charge is 0.253 e. The summed E-state index contributed by atoms with van der Waals surface area (Å²) in [6.07, 6.45) is 3.38. The highest BCUT2D eigenvalue weighted by atomic mass is 32.2. The van der Waals surface area contributed by atoms with Crippen LogP contribution in [0.5, 0.6) is 5.75 Å². The van der Waals surface area contributed by atoms with Gasteiger partial charge in [-0.1, -0.05) is 44.2 Å². The highest BCUT2D eigenvalue weighted by Crippen LogP contribution is 2.42. The largest absolute Gasteiger partial charge is 0.487 e. The lowest BCUT2D eigenvalue weighted by atomic mass is 9.83. The molecule has 0 fully saturated rings. The first-order chi connectivity index (χ1) is 13.3. The number of hydrogen-bond acceptors (Lipinski definition) is 4. The average Bonchev–Trinajstić information content (AvgIpc) is 2.67. The van der Waals surface area contributed by atoms with Crippen LogP contribution in [-0.4, -0.2) is 26.2 Å². The molecule has 1 aliphatic rings. The minimum atomic E-state index is -3.49. The molecule has 7 heteroatoms. The SMILES string of the molecule is CCC1(CC)CC(NC(=O)c2ccccc2NS(C)(=O)=O)c2ccccc2O1. The molecule has 0 bridgehead atoms. The molecule has 0 spiro atoms. The van der Waals surface area contributed by atoms with Gasteiger partial charge in [0.25, 0.3) is 5.91 Å². The number of para-hydroxylation sites is 2. The van der Waals surface area contributed by atoms with Crippen molar-refractivity contribution in [1.82, 2.24) is 5.32 Å². The Hall–Kier alpha value is -2.54. The van der Waals surface area contributed by atoms with E-state index in [9.17, 15) is 13.2 Å². The van der Waals surface area contributed by atoms with Gasteiger partial charge in [0.1, 0.15) is 11.4 Å². The van der Waals surface area contributed by atoms with E-state index in [1.54, 1.807) is 24.3 Å². The summed E-state index contributed by atoms with van der Waals surface area (Å²) in [5.41, 5.74) is 1.15. The van der Waals surface area contributed by atoms with E-state index in [0.29, 0.717) is 6.42 Å². The summed E-state index contributed by atoms with van der Waals surface area (Å²) in [5.74, 6) is 0.458. The van der Waals surface area contributed by atoms with Gasteiger partial charge in [0, 0.05) is 12.0 Å². The number of nitrogens with one attached hydrogen (secondary N) is 2. The number of benzene rings is 2. The molecule has 150 valence electrons. The maximum Gasteiger partial charge on any atom is 0.253 e. The van der Waals surface area contributed by atoms with Crippen molar-refractivity contribution in [2.75, 3.05) is 11.0 Å². The molecule has 3 rings (SSSR count). The van der Waals surface area contributed by atoms with Crippen LogP contribution in [0.15, 0.2) is 48.5 Å². The second kappa shape index (κ2) is 7.83. The third-order valence-corrected chi connectivity index (χ3v) is 5.85. The Bertz CT molecular complexity index is 968. The number of carbonyl (C=O) groups is 1. The molecule has 28 heavy (non-hydrogen) atoms. The van der Waals surface area contributed by atoms with Gasteiger partial charge >= 0.3 is 0 Å². The van der Waals surface area contributed by atoms with Gasteiger partial charge in [-0.05, 0) is 31.0 Å². The van der Waals surface area contributed by atoms with Crippen molar-refractivity contribution in [3.8, 4) is 5.75 Å². The second-order valence-electron chi connectivity index (χ2n) is 7.18. The third-order valence-electron chi connectivity index (χ3n) is 5.26. The molecular weight excluding hydrogens is 376 g/mol. The first kappa shape index (κ1) is 20.2. The van der Waals surface area contributed by atoms with Crippen LogP contribution in [0, 0.1) is 0 Å². The first-order valence-electron chi connectivity index (χ1n) is 9.42. The maximum atomic E-state index is 13.0. The number of hydrogen-bond donors (Lipinski definition) is 2. The molecule has 1 amide bonds. The van der Waals surface area contributed by atoms with Gasteiger partial charge in [-0.2, -0.15) is 0 Å². The Kier molecular flexibility index (Phi) is 5.65. The van der Waals surface area contributed by atoms with Gasteiger partial charge in [0.05, 0.1) is 23.5 Å². The molecule has 2 aromatic rings. The predicted octanol–water partition coefficient (Wildman–Crippen LogP) is 3.87. The summed E-state index contributed by atoms with van der Waals surface area (Å²) in [6, 6.07) is 14.1. The first-order valence-corrected chi connectivity index (χ1v) is 11.3. The summed E-state index contributed by atoms with van der Waals surface area (Å²) in [5, 5.41) is 3.09. The van der Waals surface area contributed by atoms with Gasteiger partial charge in [-0.25, -0.2) is 8.42 Å². The van der Waals surface area contributed by atoms with E-state index in [1.165, 1.54) is 0 Å². The Morgan fingerprint density at radius 3 is 2.43 bits per heavy atom. The fourth-order valence-corrected chi connectivity index (χ4v) is 4.21. The molecule has 1 heterocycles. The summed E-state index contributed by atoms with van der Waals surface area (Å²) in [4.78, 5) is 13.0. The maximum absolute atomic E-state index is 13.0. The normalized spacial score (nSPS) is 17.9. The number of sulfonamides is 1. The van der Waals surface area contributed by atoms with E-state index < -0.39 is 10.0 Å². The summed E-state index contributed by atoms with van der Waals surface area (Å²) < 4.78 is 32.0. The van der Waals surface area contributed by atoms with E-state index in [4.69, 9.17) is 4.74 Å². The van der Waals surface area contributed by atoms with Crippen molar-refractivity contribution in [3.63, 3.8) is 0 Å². The standard InChI is InChI=1S/C21H26N2O4S/c1-4-21(5-2)14-18(15-10-7-9-13-19(15)27-21)22-20(24)16-11-6-8-12-17(16)23-28(3,25)26/h6-13,18,23H,4-5,14H2,1-3H3,(H,22,24). The van der Waals surface area contributed by atoms with E-state index in [1.807, 2.05) is 24.3 Å². The number of rotatable bonds is 6. The van der Waals surface area contributed by atoms with E-state index in [0.717, 1.165) is 30.4 Å². The molecule has 6 nitrogen and oxygen atoms in total. The molecule has 0 radical (unpaired) electrons. The van der Waals surface area contributed by atoms with Gasteiger partial charge in [-0.3, -0.25) is 9.52 Å². The Morgan fingerprint density at radius 2 is 1.75 bits per heavy atom. The van der Waals surface area contributed by atoms with Crippen molar-refractivity contribution in [3.05, 3.63) is 59.7 Å². The lowest BCUT2D eigenvalue weighted by Gasteiger charge is -2.41. The summed E-state index contributed by atoms with van der Waals surface area (Å²) in [7, 11) is -3.49. The van der Waals surface area contributed by atoms with Gasteiger partial charge in [0.2, 0.25) is 10.0 Å². The fourth-order valence-electron chi connectivity index (χ4n) is 3.64. The Balaban J connectivity index is 1.92. The zero-order chi connectivity index (χ0) is 20.4. The summed E-state index contributed by atoms with van der Waals surface area (Å²) in [6.45, 7) is 4.17. The molecule has 1 aliphatic heterocycles.